The summed E-state index contributed by atoms with van der Waals surface area (Å²) in [6.45, 7) is 1.80. The quantitative estimate of drug-likeness (QED) is 0.712. The van der Waals surface area contributed by atoms with E-state index >= 15 is 0 Å². The molecule has 0 bridgehead atoms. The van der Waals surface area contributed by atoms with Crippen LogP contribution in [0, 0.1) is 18.3 Å². The molecule has 0 unspecified atom stereocenters. The van der Waals surface area contributed by atoms with Crippen LogP contribution in [0.4, 0.5) is 11.6 Å². The van der Waals surface area contributed by atoms with Gasteiger partial charge in [-0.25, -0.2) is 9.97 Å². The minimum atomic E-state index is -0.204. The lowest BCUT2D eigenvalue weighted by atomic mass is 10.1. The number of rotatable bonds is 4. The van der Waals surface area contributed by atoms with Crippen LogP contribution in [0.2, 0.25) is 5.02 Å². The number of aromatic nitrogens is 2. The fraction of sp³-hybridized carbons (Fsp3) is 0.0526. The smallest absolute Gasteiger partial charge is 0.228 e. The van der Waals surface area contributed by atoms with Crippen molar-refractivity contribution in [3.05, 3.63) is 82.1 Å². The Morgan fingerprint density at radius 3 is 2.40 bits per heavy atom. The van der Waals surface area contributed by atoms with E-state index in [1.54, 1.807) is 61.5 Å². The number of anilines is 2. The Balaban J connectivity index is 1.88. The number of nitrogens with zero attached hydrogens (tertiary/aromatic N) is 3. The molecule has 1 N–H and O–H groups in total. The number of benzene rings is 2. The van der Waals surface area contributed by atoms with Gasteiger partial charge in [0.2, 0.25) is 11.7 Å². The molecule has 0 radical (unpaired) electrons. The minimum Gasteiger partial charge on any atom is -0.324 e. The molecule has 0 saturated heterocycles. The summed E-state index contributed by atoms with van der Waals surface area (Å²) in [6.07, 6.45) is 0. The van der Waals surface area contributed by atoms with Gasteiger partial charge in [-0.15, -0.1) is 0 Å². The second-order valence-electron chi connectivity index (χ2n) is 5.37. The Labute approximate surface area is 149 Å². The van der Waals surface area contributed by atoms with E-state index in [4.69, 9.17) is 16.9 Å². The zero-order valence-corrected chi connectivity index (χ0v) is 14.1. The number of nitriles is 1. The molecule has 0 saturated carbocycles. The van der Waals surface area contributed by atoms with Crippen LogP contribution in [0.15, 0.2) is 54.6 Å². The van der Waals surface area contributed by atoms with Crippen molar-refractivity contribution in [2.24, 2.45) is 0 Å². The van der Waals surface area contributed by atoms with Gasteiger partial charge in [-0.05, 0) is 61.5 Å². The number of carbonyl (C=O) groups is 1. The maximum atomic E-state index is 12.6. The van der Waals surface area contributed by atoms with Crippen molar-refractivity contribution < 1.29 is 4.79 Å². The number of halogens is 1. The summed E-state index contributed by atoms with van der Waals surface area (Å²) in [5.74, 6) is 0.118. The highest BCUT2D eigenvalue weighted by Gasteiger charge is 2.13. The number of carbonyl (C=O) groups excluding carboxylic acids is 1. The summed E-state index contributed by atoms with van der Waals surface area (Å²) >= 11 is 5.86. The third kappa shape index (κ3) is 4.00. The number of hydrogen-bond acceptors (Lipinski definition) is 5. The van der Waals surface area contributed by atoms with Crippen LogP contribution < -0.4 is 5.32 Å². The van der Waals surface area contributed by atoms with E-state index in [9.17, 15) is 4.79 Å². The first-order valence-electron chi connectivity index (χ1n) is 7.48. The Bertz CT molecular complexity index is 960. The molecule has 3 rings (SSSR count). The predicted molar refractivity (Wildman–Crippen MR) is 96.1 cm³/mol. The molecule has 0 aliphatic heterocycles. The van der Waals surface area contributed by atoms with Crippen molar-refractivity contribution in [1.82, 2.24) is 9.97 Å². The zero-order chi connectivity index (χ0) is 17.8. The van der Waals surface area contributed by atoms with Crippen LogP contribution in [-0.4, -0.2) is 15.8 Å². The largest absolute Gasteiger partial charge is 0.324 e. The van der Waals surface area contributed by atoms with E-state index in [2.05, 4.69) is 21.4 Å². The molecular weight excluding hydrogens is 336 g/mol. The summed E-state index contributed by atoms with van der Waals surface area (Å²) in [5, 5.41) is 12.5. The van der Waals surface area contributed by atoms with Crippen LogP contribution >= 0.6 is 11.6 Å². The Hall–Kier alpha value is -3.23. The molecule has 0 fully saturated rings. The maximum Gasteiger partial charge on any atom is 0.228 e. The predicted octanol–water partition coefficient (Wildman–Crippen LogP) is 4.28. The zero-order valence-electron chi connectivity index (χ0n) is 13.3. The molecule has 1 heterocycles. The van der Waals surface area contributed by atoms with Gasteiger partial charge in [0, 0.05) is 22.0 Å². The van der Waals surface area contributed by atoms with Gasteiger partial charge in [-0.2, -0.15) is 5.26 Å². The highest BCUT2D eigenvalue weighted by Crippen LogP contribution is 2.17. The molecule has 5 nitrogen and oxygen atoms in total. The SMILES string of the molecule is Cc1cc(C(=O)c2ccc(Cl)cc2)nc(Nc2ccc(C#N)cc2)n1. The van der Waals surface area contributed by atoms with Gasteiger partial charge < -0.3 is 5.32 Å². The van der Waals surface area contributed by atoms with E-state index in [1.807, 2.05) is 0 Å². The summed E-state index contributed by atoms with van der Waals surface area (Å²) in [5.41, 5.74) is 2.77. The third-order valence-electron chi connectivity index (χ3n) is 3.46. The summed E-state index contributed by atoms with van der Waals surface area (Å²) in [4.78, 5) is 21.2. The van der Waals surface area contributed by atoms with Crippen molar-refractivity contribution in [3.63, 3.8) is 0 Å². The maximum absolute atomic E-state index is 12.6. The van der Waals surface area contributed by atoms with Crippen LogP contribution in [0.5, 0.6) is 0 Å². The van der Waals surface area contributed by atoms with Crippen LogP contribution in [0.25, 0.3) is 0 Å². The molecule has 6 heteroatoms. The summed E-state index contributed by atoms with van der Waals surface area (Å²) in [6, 6.07) is 17.3. The summed E-state index contributed by atoms with van der Waals surface area (Å²) in [7, 11) is 0. The van der Waals surface area contributed by atoms with Gasteiger partial charge in [0.1, 0.15) is 5.69 Å². The van der Waals surface area contributed by atoms with E-state index < -0.39 is 0 Å². The average molecular weight is 349 g/mol. The number of hydrogen-bond donors (Lipinski definition) is 1. The third-order valence-corrected chi connectivity index (χ3v) is 3.72. The minimum absolute atomic E-state index is 0.204. The number of nitrogens with one attached hydrogen (secondary N) is 1. The standard InChI is InChI=1S/C19H13ClN4O/c1-12-10-17(18(25)14-4-6-15(20)7-5-14)24-19(22-12)23-16-8-2-13(11-21)3-9-16/h2-10H,1H3,(H,22,23,24). The number of ketones is 1. The van der Waals surface area contributed by atoms with E-state index in [-0.39, 0.29) is 5.78 Å². The van der Waals surface area contributed by atoms with Crippen LogP contribution in [0.3, 0.4) is 0 Å². The molecule has 0 atom stereocenters. The van der Waals surface area contributed by atoms with Crippen molar-refractivity contribution in [2.75, 3.05) is 5.32 Å². The average Bonchev–Trinajstić information content (AvgIpc) is 2.62. The lowest BCUT2D eigenvalue weighted by molar-refractivity contribution is 0.103. The fourth-order valence-corrected chi connectivity index (χ4v) is 2.37. The van der Waals surface area contributed by atoms with Gasteiger partial charge in [0.15, 0.2) is 0 Å². The molecule has 1 aromatic heterocycles. The first kappa shape index (κ1) is 16.6. The fourth-order valence-electron chi connectivity index (χ4n) is 2.25. The van der Waals surface area contributed by atoms with Crippen molar-refractivity contribution in [3.8, 4) is 6.07 Å². The topological polar surface area (TPSA) is 78.7 Å². The van der Waals surface area contributed by atoms with Crippen LogP contribution in [-0.2, 0) is 0 Å². The molecule has 0 spiro atoms. The van der Waals surface area contributed by atoms with E-state index in [0.717, 1.165) is 5.69 Å². The second-order valence-corrected chi connectivity index (χ2v) is 5.80. The van der Waals surface area contributed by atoms with E-state index in [0.29, 0.717) is 33.5 Å². The first-order chi connectivity index (χ1) is 12.0. The van der Waals surface area contributed by atoms with Crippen molar-refractivity contribution >= 4 is 29.0 Å². The Morgan fingerprint density at radius 2 is 1.76 bits per heavy atom. The molecule has 0 amide bonds. The molecule has 0 aliphatic rings. The normalized spacial score (nSPS) is 10.1. The highest BCUT2D eigenvalue weighted by atomic mass is 35.5. The molecular formula is C19H13ClN4O. The molecule has 2 aromatic carbocycles. The molecule has 25 heavy (non-hydrogen) atoms. The second kappa shape index (κ2) is 7.12. The van der Waals surface area contributed by atoms with Gasteiger partial charge in [-0.1, -0.05) is 11.6 Å². The van der Waals surface area contributed by atoms with Crippen molar-refractivity contribution in [1.29, 1.82) is 5.26 Å². The lowest BCUT2D eigenvalue weighted by Gasteiger charge is -2.08. The monoisotopic (exact) mass is 348 g/mol. The first-order valence-corrected chi connectivity index (χ1v) is 7.86. The lowest BCUT2D eigenvalue weighted by Crippen LogP contribution is -2.08. The van der Waals surface area contributed by atoms with Gasteiger partial charge in [0.05, 0.1) is 11.6 Å². The highest BCUT2D eigenvalue weighted by molar-refractivity contribution is 6.30. The van der Waals surface area contributed by atoms with Gasteiger partial charge in [-0.3, -0.25) is 4.79 Å². The van der Waals surface area contributed by atoms with E-state index in [1.165, 1.54) is 0 Å². The van der Waals surface area contributed by atoms with Gasteiger partial charge in [0.25, 0.3) is 0 Å². The molecule has 3 aromatic rings. The Morgan fingerprint density at radius 1 is 1.08 bits per heavy atom. The molecule has 0 aliphatic carbocycles. The Kier molecular flexibility index (Phi) is 4.73. The van der Waals surface area contributed by atoms with Crippen LogP contribution in [0.1, 0.15) is 27.3 Å². The van der Waals surface area contributed by atoms with Gasteiger partial charge >= 0.3 is 0 Å². The summed E-state index contributed by atoms with van der Waals surface area (Å²) < 4.78 is 0. The molecule has 122 valence electrons. The number of aryl methyl sites for hydroxylation is 1. The van der Waals surface area contributed by atoms with Crippen molar-refractivity contribution in [2.45, 2.75) is 6.92 Å².